The molecule has 0 spiro atoms. The second-order valence-electron chi connectivity index (χ2n) is 3.51. The van der Waals surface area contributed by atoms with E-state index >= 15 is 0 Å². The molecular formula is C9H14O4S. The van der Waals surface area contributed by atoms with Crippen molar-refractivity contribution >= 4 is 23.7 Å². The van der Waals surface area contributed by atoms with Gasteiger partial charge in [-0.15, -0.1) is 0 Å². The number of aliphatic carboxylic acids is 2. The van der Waals surface area contributed by atoms with Gasteiger partial charge in [0.05, 0.1) is 0 Å². The smallest absolute Gasteiger partial charge is 0.303 e. The lowest BCUT2D eigenvalue weighted by molar-refractivity contribution is -0.140. The van der Waals surface area contributed by atoms with Crippen LogP contribution in [-0.2, 0) is 9.59 Å². The summed E-state index contributed by atoms with van der Waals surface area (Å²) in [6.07, 6.45) is 1.98. The first kappa shape index (κ1) is 11.4. The summed E-state index contributed by atoms with van der Waals surface area (Å²) in [7, 11) is 0. The van der Waals surface area contributed by atoms with Crippen molar-refractivity contribution in [2.24, 2.45) is 5.92 Å². The van der Waals surface area contributed by atoms with Crippen LogP contribution in [0.2, 0.25) is 0 Å². The summed E-state index contributed by atoms with van der Waals surface area (Å²) in [4.78, 5) is 21.1. The van der Waals surface area contributed by atoms with Gasteiger partial charge in [0.1, 0.15) is 0 Å². The Morgan fingerprint density at radius 1 is 1.29 bits per heavy atom. The molecule has 1 unspecified atom stereocenters. The fourth-order valence-corrected chi connectivity index (χ4v) is 3.19. The highest BCUT2D eigenvalue weighted by molar-refractivity contribution is 8.00. The van der Waals surface area contributed by atoms with Crippen LogP contribution in [0.1, 0.15) is 25.7 Å². The van der Waals surface area contributed by atoms with Crippen molar-refractivity contribution in [3.05, 3.63) is 0 Å². The van der Waals surface area contributed by atoms with Crippen LogP contribution in [0.4, 0.5) is 0 Å². The van der Waals surface area contributed by atoms with Crippen molar-refractivity contribution in [1.29, 1.82) is 0 Å². The zero-order valence-electron chi connectivity index (χ0n) is 7.81. The van der Waals surface area contributed by atoms with Crippen LogP contribution in [0.5, 0.6) is 0 Å². The van der Waals surface area contributed by atoms with E-state index in [1.54, 1.807) is 11.8 Å². The third-order valence-corrected chi connectivity index (χ3v) is 3.94. The van der Waals surface area contributed by atoms with E-state index in [1.807, 2.05) is 0 Å². The highest BCUT2D eigenvalue weighted by atomic mass is 32.2. The van der Waals surface area contributed by atoms with Crippen molar-refractivity contribution in [2.45, 2.75) is 30.9 Å². The highest BCUT2D eigenvalue weighted by Gasteiger charge is 2.29. The zero-order valence-corrected chi connectivity index (χ0v) is 8.63. The van der Waals surface area contributed by atoms with Gasteiger partial charge in [-0.3, -0.25) is 9.59 Å². The van der Waals surface area contributed by atoms with Gasteiger partial charge in [-0.2, -0.15) is 11.8 Å². The van der Waals surface area contributed by atoms with Crippen molar-refractivity contribution in [2.75, 3.05) is 5.75 Å². The number of carboxylic acids is 2. The Kier molecular flexibility index (Phi) is 4.25. The quantitative estimate of drug-likeness (QED) is 0.730. The van der Waals surface area contributed by atoms with E-state index in [2.05, 4.69) is 0 Å². The highest BCUT2D eigenvalue weighted by Crippen LogP contribution is 2.35. The summed E-state index contributed by atoms with van der Waals surface area (Å²) in [5.41, 5.74) is 0. The average molecular weight is 218 g/mol. The average Bonchev–Trinajstić information content (AvgIpc) is 2.52. The number of rotatable bonds is 5. The number of hydrogen-bond acceptors (Lipinski definition) is 3. The molecule has 1 heterocycles. The van der Waals surface area contributed by atoms with Crippen molar-refractivity contribution < 1.29 is 19.8 Å². The Morgan fingerprint density at radius 2 is 1.86 bits per heavy atom. The van der Waals surface area contributed by atoms with Crippen LogP contribution < -0.4 is 0 Å². The van der Waals surface area contributed by atoms with Crippen molar-refractivity contribution in [3.63, 3.8) is 0 Å². The van der Waals surface area contributed by atoms with E-state index in [0.717, 1.165) is 18.6 Å². The van der Waals surface area contributed by atoms with Gasteiger partial charge >= 0.3 is 11.9 Å². The molecule has 0 radical (unpaired) electrons. The molecule has 4 nitrogen and oxygen atoms in total. The Morgan fingerprint density at radius 3 is 2.21 bits per heavy atom. The molecule has 0 aromatic heterocycles. The summed E-state index contributed by atoms with van der Waals surface area (Å²) in [5, 5.41) is 17.5. The van der Waals surface area contributed by atoms with E-state index in [0.29, 0.717) is 0 Å². The minimum atomic E-state index is -0.899. The van der Waals surface area contributed by atoms with Crippen LogP contribution in [0.25, 0.3) is 0 Å². The Hall–Kier alpha value is -0.710. The number of carbonyl (C=O) groups is 2. The lowest BCUT2D eigenvalue weighted by Crippen LogP contribution is -2.21. The van der Waals surface area contributed by atoms with Crippen LogP contribution in [0.15, 0.2) is 0 Å². The van der Waals surface area contributed by atoms with E-state index in [4.69, 9.17) is 10.2 Å². The van der Waals surface area contributed by atoms with Gasteiger partial charge in [-0.05, 0) is 24.5 Å². The molecule has 1 atom stereocenters. The molecule has 14 heavy (non-hydrogen) atoms. The molecular weight excluding hydrogens is 204 g/mol. The number of thioether (sulfide) groups is 1. The third kappa shape index (κ3) is 3.57. The molecule has 0 aliphatic carbocycles. The lowest BCUT2D eigenvalue weighted by Gasteiger charge is -2.18. The first-order valence-corrected chi connectivity index (χ1v) is 5.69. The van der Waals surface area contributed by atoms with E-state index in [9.17, 15) is 9.59 Å². The van der Waals surface area contributed by atoms with Gasteiger partial charge in [0.25, 0.3) is 0 Å². The largest absolute Gasteiger partial charge is 0.481 e. The normalized spacial score (nSPS) is 21.4. The fourth-order valence-electron chi connectivity index (χ4n) is 1.76. The Bertz CT molecular complexity index is 207. The monoisotopic (exact) mass is 218 g/mol. The molecule has 0 bridgehead atoms. The van der Waals surface area contributed by atoms with Gasteiger partial charge in [0, 0.05) is 18.1 Å². The molecule has 80 valence electrons. The van der Waals surface area contributed by atoms with E-state index in [1.165, 1.54) is 0 Å². The number of carboxylic acid groups (broad SMARTS) is 2. The van der Waals surface area contributed by atoms with Gasteiger partial charge in [-0.1, -0.05) is 0 Å². The zero-order chi connectivity index (χ0) is 10.6. The molecule has 2 N–H and O–H groups in total. The molecule has 1 aliphatic heterocycles. The molecule has 0 saturated carbocycles. The molecule has 1 rings (SSSR count). The van der Waals surface area contributed by atoms with Crippen molar-refractivity contribution in [1.82, 2.24) is 0 Å². The second kappa shape index (κ2) is 5.24. The maximum absolute atomic E-state index is 10.5. The summed E-state index contributed by atoms with van der Waals surface area (Å²) >= 11 is 1.71. The van der Waals surface area contributed by atoms with E-state index < -0.39 is 11.9 Å². The molecule has 1 saturated heterocycles. The third-order valence-electron chi connectivity index (χ3n) is 2.36. The summed E-state index contributed by atoms with van der Waals surface area (Å²) in [6.45, 7) is 0. The van der Waals surface area contributed by atoms with Gasteiger partial charge < -0.3 is 10.2 Å². The van der Waals surface area contributed by atoms with Crippen LogP contribution in [0.3, 0.4) is 0 Å². The van der Waals surface area contributed by atoms with Crippen molar-refractivity contribution in [3.8, 4) is 0 Å². The molecule has 1 aliphatic rings. The Balaban J connectivity index is 2.50. The standard InChI is InChI=1S/C9H14O4S/c10-8(11)4-6(5-9(12)13)7-2-1-3-14-7/h6-7H,1-5H2,(H,10,11)(H,12,13). The molecule has 1 fully saturated rings. The van der Waals surface area contributed by atoms with Gasteiger partial charge in [0.2, 0.25) is 0 Å². The predicted octanol–water partition coefficient (Wildman–Crippen LogP) is 1.45. The summed E-state index contributed by atoms with van der Waals surface area (Å²) in [5.74, 6) is -0.981. The summed E-state index contributed by atoms with van der Waals surface area (Å²) < 4.78 is 0. The summed E-state index contributed by atoms with van der Waals surface area (Å²) in [6, 6.07) is 0. The SMILES string of the molecule is O=C(O)CC(CC(=O)O)C1CCCS1. The van der Waals surface area contributed by atoms with Crippen LogP contribution in [0, 0.1) is 5.92 Å². The first-order chi connectivity index (χ1) is 6.59. The fraction of sp³-hybridized carbons (Fsp3) is 0.778. The van der Waals surface area contributed by atoms with Crippen LogP contribution in [-0.4, -0.2) is 33.2 Å². The molecule has 5 heteroatoms. The minimum Gasteiger partial charge on any atom is -0.481 e. The second-order valence-corrected chi connectivity index (χ2v) is 4.85. The number of hydrogen-bond donors (Lipinski definition) is 2. The topological polar surface area (TPSA) is 74.6 Å². The molecule has 0 amide bonds. The molecule has 0 aromatic rings. The maximum Gasteiger partial charge on any atom is 0.303 e. The van der Waals surface area contributed by atoms with E-state index in [-0.39, 0.29) is 24.0 Å². The molecule has 0 aromatic carbocycles. The predicted molar refractivity (Wildman–Crippen MR) is 53.5 cm³/mol. The van der Waals surface area contributed by atoms with Gasteiger partial charge in [-0.25, -0.2) is 0 Å². The Labute approximate surface area is 86.7 Å². The maximum atomic E-state index is 10.5. The lowest BCUT2D eigenvalue weighted by atomic mass is 9.95. The first-order valence-electron chi connectivity index (χ1n) is 4.65. The van der Waals surface area contributed by atoms with Gasteiger partial charge in [0.15, 0.2) is 0 Å². The van der Waals surface area contributed by atoms with Crippen LogP contribution >= 0.6 is 11.8 Å². The minimum absolute atomic E-state index is 0.0238.